The molecule has 0 amide bonds. The number of aryl methyl sites for hydroxylation is 1. The Labute approximate surface area is 119 Å². The summed E-state index contributed by atoms with van der Waals surface area (Å²) in [7, 11) is 1.81. The number of aromatic nitrogens is 5. The summed E-state index contributed by atoms with van der Waals surface area (Å²) in [5.41, 5.74) is 2.20. The van der Waals surface area contributed by atoms with Gasteiger partial charge in [-0.3, -0.25) is 4.68 Å². The van der Waals surface area contributed by atoms with Crippen molar-refractivity contribution in [3.05, 3.63) is 29.3 Å². The molecule has 7 nitrogen and oxygen atoms in total. The van der Waals surface area contributed by atoms with Crippen LogP contribution in [0.25, 0.3) is 11.0 Å². The third-order valence-corrected chi connectivity index (χ3v) is 3.01. The van der Waals surface area contributed by atoms with Crippen LogP contribution in [0.5, 0.6) is 5.88 Å². The number of rotatable bonds is 2. The summed E-state index contributed by atoms with van der Waals surface area (Å²) in [5.74, 6) is 0.535. The second kappa shape index (κ2) is 4.61. The maximum atomic E-state index is 10.0. The summed E-state index contributed by atoms with van der Waals surface area (Å²) in [6, 6.07) is 1.78. The largest absolute Gasteiger partial charge is 0.494 e. The molecule has 0 fully saturated rings. The highest BCUT2D eigenvalue weighted by molar-refractivity contribution is 6.28. The molecular weight excluding hydrogens is 280 g/mol. The van der Waals surface area contributed by atoms with Crippen molar-refractivity contribution in [2.24, 2.45) is 12.0 Å². The van der Waals surface area contributed by atoms with Crippen molar-refractivity contribution in [2.45, 2.75) is 6.92 Å². The van der Waals surface area contributed by atoms with Crippen LogP contribution in [-0.2, 0) is 7.05 Å². The van der Waals surface area contributed by atoms with Crippen molar-refractivity contribution in [1.82, 2.24) is 24.7 Å². The fraction of sp³-hybridized carbons (Fsp3) is 0.167. The van der Waals surface area contributed by atoms with Crippen LogP contribution in [-0.4, -0.2) is 35.6 Å². The van der Waals surface area contributed by atoms with E-state index in [4.69, 9.17) is 11.6 Å². The number of fused-ring (bicyclic) bond motifs is 1. The lowest BCUT2D eigenvalue weighted by Gasteiger charge is -1.98. The molecule has 3 aromatic heterocycles. The van der Waals surface area contributed by atoms with Crippen molar-refractivity contribution in [3.63, 3.8) is 0 Å². The molecule has 0 radical (unpaired) electrons. The predicted octanol–water partition coefficient (Wildman–Crippen LogP) is 2.19. The van der Waals surface area contributed by atoms with Crippen LogP contribution in [0.3, 0.4) is 0 Å². The minimum absolute atomic E-state index is 0.0197. The molecule has 3 heterocycles. The van der Waals surface area contributed by atoms with Gasteiger partial charge in [0, 0.05) is 19.3 Å². The molecular formula is C12H11ClN6O. The maximum absolute atomic E-state index is 10.0. The van der Waals surface area contributed by atoms with E-state index in [0.29, 0.717) is 28.1 Å². The number of nitrogens with zero attached hydrogens (tertiary/aromatic N) is 5. The van der Waals surface area contributed by atoms with Crippen molar-refractivity contribution < 1.29 is 5.11 Å². The topological polar surface area (TPSA) is 92.0 Å². The highest BCUT2D eigenvalue weighted by Crippen LogP contribution is 2.27. The summed E-state index contributed by atoms with van der Waals surface area (Å²) in [5, 5.41) is 14.3. The zero-order chi connectivity index (χ0) is 14.3. The number of halogens is 1. The summed E-state index contributed by atoms with van der Waals surface area (Å²) >= 11 is 5.79. The third kappa shape index (κ3) is 2.12. The highest BCUT2D eigenvalue weighted by atomic mass is 35.5. The molecule has 0 saturated heterocycles. The Morgan fingerprint density at radius 3 is 3.00 bits per heavy atom. The summed E-state index contributed by atoms with van der Waals surface area (Å²) in [4.78, 5) is 15.1. The predicted molar refractivity (Wildman–Crippen MR) is 75.6 cm³/mol. The molecule has 0 atom stereocenters. The first kappa shape index (κ1) is 12.6. The van der Waals surface area contributed by atoms with E-state index in [1.165, 1.54) is 6.20 Å². The van der Waals surface area contributed by atoms with Gasteiger partial charge in [0.15, 0.2) is 11.7 Å². The Bertz CT molecular complexity index is 819. The van der Waals surface area contributed by atoms with Crippen molar-refractivity contribution >= 4 is 34.2 Å². The van der Waals surface area contributed by atoms with E-state index in [1.54, 1.807) is 23.9 Å². The van der Waals surface area contributed by atoms with Gasteiger partial charge >= 0.3 is 0 Å². The Morgan fingerprint density at radius 2 is 2.30 bits per heavy atom. The van der Waals surface area contributed by atoms with Gasteiger partial charge in [0.2, 0.25) is 5.28 Å². The van der Waals surface area contributed by atoms with Crippen LogP contribution in [0.4, 0.5) is 5.82 Å². The summed E-state index contributed by atoms with van der Waals surface area (Å²) in [6.45, 7) is 1.77. The molecule has 3 rings (SSSR count). The van der Waals surface area contributed by atoms with Gasteiger partial charge in [-0.2, -0.15) is 5.10 Å². The molecule has 0 unspecified atom stereocenters. The lowest BCUT2D eigenvalue weighted by atomic mass is 10.2. The molecule has 0 aromatic carbocycles. The molecule has 20 heavy (non-hydrogen) atoms. The molecule has 0 aliphatic heterocycles. The lowest BCUT2D eigenvalue weighted by molar-refractivity contribution is 0.457. The fourth-order valence-corrected chi connectivity index (χ4v) is 2.11. The number of hydrogen-bond acceptors (Lipinski definition) is 5. The number of aromatic amines is 1. The molecule has 8 heteroatoms. The monoisotopic (exact) mass is 290 g/mol. The van der Waals surface area contributed by atoms with Crippen molar-refractivity contribution in [2.75, 3.05) is 0 Å². The average molecular weight is 291 g/mol. The van der Waals surface area contributed by atoms with E-state index < -0.39 is 0 Å². The van der Waals surface area contributed by atoms with E-state index in [-0.39, 0.29) is 11.2 Å². The molecule has 0 aliphatic carbocycles. The zero-order valence-corrected chi connectivity index (χ0v) is 11.5. The van der Waals surface area contributed by atoms with Gasteiger partial charge in [-0.05, 0) is 18.5 Å². The van der Waals surface area contributed by atoms with E-state index in [1.807, 2.05) is 7.05 Å². The van der Waals surface area contributed by atoms with Crippen LogP contribution in [0, 0.1) is 0 Å². The molecule has 3 aromatic rings. The Hall–Kier alpha value is -2.41. The first-order chi connectivity index (χ1) is 9.54. The summed E-state index contributed by atoms with van der Waals surface area (Å²) in [6.07, 6.45) is 3.31. The van der Waals surface area contributed by atoms with Gasteiger partial charge in [0.25, 0.3) is 0 Å². The van der Waals surface area contributed by atoms with Gasteiger partial charge in [-0.1, -0.05) is 0 Å². The van der Waals surface area contributed by atoms with Crippen LogP contribution >= 0.6 is 11.6 Å². The van der Waals surface area contributed by atoms with Crippen molar-refractivity contribution in [3.8, 4) is 5.88 Å². The van der Waals surface area contributed by atoms with E-state index in [9.17, 15) is 5.11 Å². The number of hydrogen-bond donors (Lipinski definition) is 2. The number of H-pyrrole nitrogens is 1. The van der Waals surface area contributed by atoms with Crippen LogP contribution in [0.1, 0.15) is 12.5 Å². The standard InChI is InChI=1S/C12H11ClN6O/c1-6(15-8-3-4-19(2)18-8)9-10-7(16-11(9)20)5-14-12(13)17-10/h3-5,16,20H,1-2H3. The molecule has 0 saturated carbocycles. The van der Waals surface area contributed by atoms with Gasteiger partial charge in [0.1, 0.15) is 5.52 Å². The minimum atomic E-state index is -0.0197. The molecule has 102 valence electrons. The molecule has 2 N–H and O–H groups in total. The molecule has 0 spiro atoms. The van der Waals surface area contributed by atoms with Gasteiger partial charge in [-0.25, -0.2) is 15.0 Å². The van der Waals surface area contributed by atoms with E-state index >= 15 is 0 Å². The van der Waals surface area contributed by atoms with Crippen molar-refractivity contribution in [1.29, 1.82) is 0 Å². The molecule has 0 aliphatic rings. The van der Waals surface area contributed by atoms with Gasteiger partial charge < -0.3 is 10.1 Å². The number of aromatic hydroxyl groups is 1. The van der Waals surface area contributed by atoms with Gasteiger partial charge in [0.05, 0.1) is 23.0 Å². The molecule has 0 bridgehead atoms. The SMILES string of the molecule is CC(=Nc1ccn(C)n1)c1c(O)[nH]c2cnc(Cl)nc12. The second-order valence-electron chi connectivity index (χ2n) is 4.29. The lowest BCUT2D eigenvalue weighted by Crippen LogP contribution is -1.95. The van der Waals surface area contributed by atoms with E-state index in [0.717, 1.165) is 0 Å². The first-order valence-electron chi connectivity index (χ1n) is 5.83. The Morgan fingerprint density at radius 1 is 1.50 bits per heavy atom. The summed E-state index contributed by atoms with van der Waals surface area (Å²) < 4.78 is 1.65. The Kier molecular flexibility index (Phi) is 2.90. The van der Waals surface area contributed by atoms with Crippen LogP contribution in [0.15, 0.2) is 23.5 Å². The maximum Gasteiger partial charge on any atom is 0.223 e. The fourth-order valence-electron chi connectivity index (χ4n) is 1.98. The normalized spacial score (nSPS) is 12.2. The van der Waals surface area contributed by atoms with Gasteiger partial charge in [-0.15, -0.1) is 0 Å². The first-order valence-corrected chi connectivity index (χ1v) is 6.21. The zero-order valence-electron chi connectivity index (χ0n) is 10.8. The quantitative estimate of drug-likeness (QED) is 0.559. The second-order valence-corrected chi connectivity index (χ2v) is 4.63. The highest BCUT2D eigenvalue weighted by Gasteiger charge is 2.16. The Balaban J connectivity index is 2.15. The number of nitrogens with one attached hydrogen (secondary N) is 1. The van der Waals surface area contributed by atoms with Crippen LogP contribution in [0.2, 0.25) is 5.28 Å². The average Bonchev–Trinajstić information content (AvgIpc) is 2.91. The van der Waals surface area contributed by atoms with Crippen LogP contribution < -0.4 is 0 Å². The minimum Gasteiger partial charge on any atom is -0.494 e. The third-order valence-electron chi connectivity index (χ3n) is 2.83. The smallest absolute Gasteiger partial charge is 0.223 e. The van der Waals surface area contributed by atoms with E-state index in [2.05, 4.69) is 25.0 Å². The number of aliphatic imine (C=N–C) groups is 1.